The summed E-state index contributed by atoms with van der Waals surface area (Å²) in [7, 11) is 1.83. The third kappa shape index (κ3) is 3.23. The predicted octanol–water partition coefficient (Wildman–Crippen LogP) is 1.79. The Morgan fingerprint density at radius 1 is 1.35 bits per heavy atom. The van der Waals surface area contributed by atoms with E-state index in [9.17, 15) is 4.79 Å². The van der Waals surface area contributed by atoms with Crippen LogP contribution in [0.3, 0.4) is 0 Å². The van der Waals surface area contributed by atoms with E-state index >= 15 is 0 Å². The maximum Gasteiger partial charge on any atom is 0.244 e. The van der Waals surface area contributed by atoms with E-state index in [1.807, 2.05) is 41.7 Å². The molecule has 1 heterocycles. The predicted molar refractivity (Wildman–Crippen MR) is 82.7 cm³/mol. The first-order chi connectivity index (χ1) is 9.33. The SMILES string of the molecule is CCN(CC)C(=O)C(C)Nc1c(N)c(C(C)C)nn1C. The van der Waals surface area contributed by atoms with Gasteiger partial charge in [-0.25, -0.2) is 0 Å². The summed E-state index contributed by atoms with van der Waals surface area (Å²) in [6, 6.07) is -0.326. The monoisotopic (exact) mass is 281 g/mol. The molecule has 1 aromatic heterocycles. The molecule has 114 valence electrons. The number of nitrogens with one attached hydrogen (secondary N) is 1. The molecule has 0 aliphatic carbocycles. The highest BCUT2D eigenvalue weighted by atomic mass is 16.2. The highest BCUT2D eigenvalue weighted by Crippen LogP contribution is 2.28. The number of nitrogen functional groups attached to an aromatic ring is 1. The Hall–Kier alpha value is -1.72. The van der Waals surface area contributed by atoms with Crippen LogP contribution in [-0.4, -0.2) is 39.7 Å². The molecule has 1 atom stereocenters. The van der Waals surface area contributed by atoms with Crippen LogP contribution in [-0.2, 0) is 11.8 Å². The van der Waals surface area contributed by atoms with Crippen molar-refractivity contribution in [3.05, 3.63) is 5.69 Å². The highest BCUT2D eigenvalue weighted by Gasteiger charge is 2.22. The Morgan fingerprint density at radius 3 is 2.30 bits per heavy atom. The van der Waals surface area contributed by atoms with Gasteiger partial charge >= 0.3 is 0 Å². The first-order valence-corrected chi connectivity index (χ1v) is 7.21. The van der Waals surface area contributed by atoms with E-state index in [-0.39, 0.29) is 17.9 Å². The number of anilines is 2. The smallest absolute Gasteiger partial charge is 0.244 e. The minimum Gasteiger partial charge on any atom is -0.394 e. The van der Waals surface area contributed by atoms with Crippen LogP contribution in [0, 0.1) is 0 Å². The van der Waals surface area contributed by atoms with Crippen molar-refractivity contribution >= 4 is 17.4 Å². The van der Waals surface area contributed by atoms with Crippen LogP contribution < -0.4 is 11.1 Å². The van der Waals surface area contributed by atoms with E-state index in [1.165, 1.54) is 0 Å². The normalized spacial score (nSPS) is 12.6. The minimum absolute atomic E-state index is 0.0710. The van der Waals surface area contributed by atoms with Gasteiger partial charge in [-0.05, 0) is 26.7 Å². The molecule has 0 aromatic carbocycles. The second-order valence-corrected chi connectivity index (χ2v) is 5.30. The fourth-order valence-corrected chi connectivity index (χ4v) is 2.23. The molecule has 6 heteroatoms. The van der Waals surface area contributed by atoms with Gasteiger partial charge in [0.05, 0.1) is 11.4 Å². The molecule has 0 aliphatic heterocycles. The van der Waals surface area contributed by atoms with Gasteiger partial charge in [0.15, 0.2) is 0 Å². The van der Waals surface area contributed by atoms with Gasteiger partial charge in [0.2, 0.25) is 5.91 Å². The van der Waals surface area contributed by atoms with Crippen LogP contribution in [0.2, 0.25) is 0 Å². The summed E-state index contributed by atoms with van der Waals surface area (Å²) in [6.45, 7) is 11.3. The molecule has 0 radical (unpaired) electrons. The molecule has 1 unspecified atom stereocenters. The number of carbonyl (C=O) groups is 1. The second kappa shape index (κ2) is 6.63. The molecule has 1 amide bonds. The van der Waals surface area contributed by atoms with E-state index in [0.29, 0.717) is 24.6 Å². The maximum atomic E-state index is 12.3. The summed E-state index contributed by atoms with van der Waals surface area (Å²) in [4.78, 5) is 14.1. The molecule has 1 aromatic rings. The summed E-state index contributed by atoms with van der Waals surface area (Å²) in [6.07, 6.45) is 0. The molecule has 0 spiro atoms. The van der Waals surface area contributed by atoms with Crippen molar-refractivity contribution in [3.8, 4) is 0 Å². The number of nitrogens with zero attached hydrogens (tertiary/aromatic N) is 3. The quantitative estimate of drug-likeness (QED) is 0.833. The van der Waals surface area contributed by atoms with Crippen molar-refractivity contribution in [1.29, 1.82) is 0 Å². The first kappa shape index (κ1) is 16.3. The van der Waals surface area contributed by atoms with Crippen molar-refractivity contribution in [2.75, 3.05) is 24.1 Å². The molecular weight excluding hydrogens is 254 g/mol. The van der Waals surface area contributed by atoms with Gasteiger partial charge in [-0.1, -0.05) is 13.8 Å². The summed E-state index contributed by atoms with van der Waals surface area (Å²) >= 11 is 0. The molecule has 0 bridgehead atoms. The number of rotatable bonds is 6. The van der Waals surface area contributed by atoms with Crippen molar-refractivity contribution < 1.29 is 4.79 Å². The van der Waals surface area contributed by atoms with Crippen LogP contribution >= 0.6 is 0 Å². The van der Waals surface area contributed by atoms with Crippen LogP contribution in [0.15, 0.2) is 0 Å². The number of likely N-dealkylation sites (N-methyl/N-ethyl adjacent to an activating group) is 1. The summed E-state index contributed by atoms with van der Waals surface area (Å²) in [5.41, 5.74) is 7.61. The van der Waals surface area contributed by atoms with Gasteiger partial charge in [-0.2, -0.15) is 5.10 Å². The average molecular weight is 281 g/mol. The van der Waals surface area contributed by atoms with Gasteiger partial charge in [-0.3, -0.25) is 9.48 Å². The number of carbonyl (C=O) groups excluding carboxylic acids is 1. The van der Waals surface area contributed by atoms with Gasteiger partial charge in [0.1, 0.15) is 11.9 Å². The number of amides is 1. The zero-order valence-electron chi connectivity index (χ0n) is 13.4. The largest absolute Gasteiger partial charge is 0.394 e. The molecule has 6 nitrogen and oxygen atoms in total. The molecule has 0 fully saturated rings. The topological polar surface area (TPSA) is 76.2 Å². The Morgan fingerprint density at radius 2 is 1.90 bits per heavy atom. The highest BCUT2D eigenvalue weighted by molar-refractivity contribution is 5.85. The number of hydrogen-bond donors (Lipinski definition) is 2. The Balaban J connectivity index is 2.91. The van der Waals surface area contributed by atoms with E-state index in [1.54, 1.807) is 9.58 Å². The van der Waals surface area contributed by atoms with Crippen molar-refractivity contribution in [2.24, 2.45) is 7.05 Å². The molecule has 0 saturated heterocycles. The Kier molecular flexibility index (Phi) is 5.42. The lowest BCUT2D eigenvalue weighted by Gasteiger charge is -2.24. The standard InChI is InChI=1S/C14H27N5O/c1-7-19(8-2)14(20)10(5)16-13-11(15)12(9(3)4)17-18(13)6/h9-10,16H,7-8,15H2,1-6H3. The van der Waals surface area contributed by atoms with Crippen LogP contribution in [0.25, 0.3) is 0 Å². The summed E-state index contributed by atoms with van der Waals surface area (Å²) < 4.78 is 1.71. The molecule has 0 aliphatic rings. The number of nitrogens with two attached hydrogens (primary N) is 1. The molecule has 20 heavy (non-hydrogen) atoms. The Labute approximate surface area is 121 Å². The molecule has 3 N–H and O–H groups in total. The zero-order chi connectivity index (χ0) is 15.4. The Bertz CT molecular complexity index is 462. The lowest BCUT2D eigenvalue weighted by molar-refractivity contribution is -0.131. The van der Waals surface area contributed by atoms with E-state index in [4.69, 9.17) is 5.73 Å². The third-order valence-corrected chi connectivity index (χ3v) is 3.46. The zero-order valence-corrected chi connectivity index (χ0v) is 13.4. The van der Waals surface area contributed by atoms with Crippen molar-refractivity contribution in [1.82, 2.24) is 14.7 Å². The second-order valence-electron chi connectivity index (χ2n) is 5.30. The molecule has 1 rings (SSSR count). The summed E-state index contributed by atoms with van der Waals surface area (Å²) in [5.74, 6) is 1.04. The van der Waals surface area contributed by atoms with Gasteiger partial charge < -0.3 is 16.0 Å². The fraction of sp³-hybridized carbons (Fsp3) is 0.714. The fourth-order valence-electron chi connectivity index (χ4n) is 2.23. The van der Waals surface area contributed by atoms with Gasteiger partial charge in [0.25, 0.3) is 0 Å². The van der Waals surface area contributed by atoms with E-state index in [0.717, 1.165) is 5.69 Å². The molecular formula is C14H27N5O. The van der Waals surface area contributed by atoms with Crippen LogP contribution in [0.5, 0.6) is 0 Å². The van der Waals surface area contributed by atoms with E-state index < -0.39 is 0 Å². The number of aryl methyl sites for hydroxylation is 1. The van der Waals surface area contributed by atoms with Crippen molar-refractivity contribution in [2.45, 2.75) is 46.6 Å². The van der Waals surface area contributed by atoms with Crippen molar-refractivity contribution in [3.63, 3.8) is 0 Å². The maximum absolute atomic E-state index is 12.3. The average Bonchev–Trinajstić information content (AvgIpc) is 2.68. The number of hydrogen-bond acceptors (Lipinski definition) is 4. The lowest BCUT2D eigenvalue weighted by Crippen LogP contribution is -2.41. The summed E-state index contributed by atoms with van der Waals surface area (Å²) in [5, 5.41) is 7.60. The van der Waals surface area contributed by atoms with Gasteiger partial charge in [-0.15, -0.1) is 0 Å². The first-order valence-electron chi connectivity index (χ1n) is 7.21. The molecule has 0 saturated carbocycles. The van der Waals surface area contributed by atoms with E-state index in [2.05, 4.69) is 10.4 Å². The van der Waals surface area contributed by atoms with Gasteiger partial charge in [0, 0.05) is 20.1 Å². The third-order valence-electron chi connectivity index (χ3n) is 3.46. The van der Waals surface area contributed by atoms with Crippen LogP contribution in [0.1, 0.15) is 46.2 Å². The minimum atomic E-state index is -0.326. The lowest BCUT2D eigenvalue weighted by atomic mass is 10.1. The van der Waals surface area contributed by atoms with Crippen LogP contribution in [0.4, 0.5) is 11.5 Å². The number of aromatic nitrogens is 2.